The van der Waals surface area contributed by atoms with Crippen molar-refractivity contribution in [2.75, 3.05) is 5.73 Å². The van der Waals surface area contributed by atoms with Gasteiger partial charge in [0, 0.05) is 5.69 Å². The van der Waals surface area contributed by atoms with E-state index in [4.69, 9.17) is 15.8 Å². The smallest absolute Gasteiger partial charge is 0.423 e. The van der Waals surface area contributed by atoms with Crippen LogP contribution in [0.3, 0.4) is 0 Å². The number of nitrogens with two attached hydrogens (primary N) is 1. The molecule has 0 heterocycles. The maximum atomic E-state index is 8.65. The molecule has 0 amide bonds. The first-order valence-electron chi connectivity index (χ1n) is 2.92. The molecular formula is C6H9BClNO2. The molecule has 1 aromatic carbocycles. The van der Waals surface area contributed by atoms with Crippen LogP contribution in [0.15, 0.2) is 24.3 Å². The number of hydrogen-bond donors (Lipinski definition) is 3. The van der Waals surface area contributed by atoms with Crippen molar-refractivity contribution >= 4 is 30.7 Å². The molecule has 0 fully saturated rings. The molecule has 4 N–H and O–H groups in total. The second-order valence-electron chi connectivity index (χ2n) is 2.04. The standard InChI is InChI=1S/C6H8BNO2.ClH/c8-6-3-1-2-5(4-6)7(9)10;/h1-4,9-10H,8H2;1H. The summed E-state index contributed by atoms with van der Waals surface area (Å²) in [5.74, 6) is 0. The highest BCUT2D eigenvalue weighted by Crippen LogP contribution is 1.95. The fourth-order valence-corrected chi connectivity index (χ4v) is 0.720. The molecule has 0 spiro atoms. The van der Waals surface area contributed by atoms with E-state index >= 15 is 0 Å². The molecule has 11 heavy (non-hydrogen) atoms. The van der Waals surface area contributed by atoms with E-state index in [-0.39, 0.29) is 12.4 Å². The van der Waals surface area contributed by atoms with Gasteiger partial charge in [-0.1, -0.05) is 12.1 Å². The van der Waals surface area contributed by atoms with Gasteiger partial charge in [0.15, 0.2) is 0 Å². The van der Waals surface area contributed by atoms with Gasteiger partial charge in [-0.05, 0) is 17.6 Å². The topological polar surface area (TPSA) is 66.5 Å². The van der Waals surface area contributed by atoms with Crippen LogP contribution in [-0.4, -0.2) is 17.2 Å². The summed E-state index contributed by atoms with van der Waals surface area (Å²) >= 11 is 0. The fraction of sp³-hybridized carbons (Fsp3) is 0. The molecule has 0 radical (unpaired) electrons. The normalized spacial score (nSPS) is 8.55. The van der Waals surface area contributed by atoms with Crippen LogP contribution >= 0.6 is 12.4 Å². The third-order valence-corrected chi connectivity index (χ3v) is 1.21. The minimum absolute atomic E-state index is 0. The highest BCUT2D eigenvalue weighted by Gasteiger charge is 2.09. The van der Waals surface area contributed by atoms with Crippen molar-refractivity contribution in [2.24, 2.45) is 0 Å². The Morgan fingerprint density at radius 3 is 2.27 bits per heavy atom. The first-order valence-corrected chi connectivity index (χ1v) is 2.92. The quantitative estimate of drug-likeness (QED) is 0.391. The van der Waals surface area contributed by atoms with Gasteiger partial charge in [-0.2, -0.15) is 0 Å². The Morgan fingerprint density at radius 1 is 1.27 bits per heavy atom. The largest absolute Gasteiger partial charge is 0.488 e. The van der Waals surface area contributed by atoms with Crippen molar-refractivity contribution in [1.82, 2.24) is 0 Å². The summed E-state index contributed by atoms with van der Waals surface area (Å²) in [5, 5.41) is 17.3. The molecule has 0 aliphatic carbocycles. The molecular weight excluding hydrogens is 164 g/mol. The zero-order valence-electron chi connectivity index (χ0n) is 5.77. The van der Waals surface area contributed by atoms with Crippen molar-refractivity contribution < 1.29 is 10.0 Å². The number of rotatable bonds is 1. The third kappa shape index (κ3) is 2.80. The Kier molecular flexibility index (Phi) is 3.96. The van der Waals surface area contributed by atoms with E-state index in [1.54, 1.807) is 18.2 Å². The Bertz CT molecular complexity index is 232. The van der Waals surface area contributed by atoms with Gasteiger partial charge >= 0.3 is 7.12 Å². The van der Waals surface area contributed by atoms with Crippen molar-refractivity contribution in [2.45, 2.75) is 0 Å². The molecule has 3 nitrogen and oxygen atoms in total. The van der Waals surface area contributed by atoms with E-state index in [0.29, 0.717) is 11.2 Å². The van der Waals surface area contributed by atoms with Crippen molar-refractivity contribution in [3.63, 3.8) is 0 Å². The molecule has 1 aromatic rings. The highest BCUT2D eigenvalue weighted by molar-refractivity contribution is 6.58. The van der Waals surface area contributed by atoms with E-state index in [1.807, 2.05) is 0 Å². The van der Waals surface area contributed by atoms with Gasteiger partial charge < -0.3 is 15.8 Å². The molecule has 0 aliphatic heterocycles. The summed E-state index contributed by atoms with van der Waals surface area (Å²) in [6, 6.07) is 6.47. The summed E-state index contributed by atoms with van der Waals surface area (Å²) in [7, 11) is -1.43. The first-order chi connectivity index (χ1) is 4.70. The SMILES string of the molecule is Cl.Nc1cccc(B(O)O)c1. The van der Waals surface area contributed by atoms with Gasteiger partial charge in [0.2, 0.25) is 0 Å². The van der Waals surface area contributed by atoms with Crippen LogP contribution in [0.1, 0.15) is 0 Å². The zero-order chi connectivity index (χ0) is 7.56. The fourth-order valence-electron chi connectivity index (χ4n) is 0.720. The molecule has 0 aliphatic rings. The monoisotopic (exact) mass is 173 g/mol. The van der Waals surface area contributed by atoms with Crippen LogP contribution in [0.25, 0.3) is 0 Å². The number of halogens is 1. The molecule has 0 aromatic heterocycles. The van der Waals surface area contributed by atoms with Gasteiger partial charge in [0.05, 0.1) is 0 Å². The lowest BCUT2D eigenvalue weighted by Gasteiger charge is -1.98. The van der Waals surface area contributed by atoms with E-state index in [1.165, 1.54) is 6.07 Å². The molecule has 0 saturated heterocycles. The lowest BCUT2D eigenvalue weighted by atomic mass is 9.80. The van der Waals surface area contributed by atoms with Crippen LogP contribution in [0, 0.1) is 0 Å². The number of benzene rings is 1. The van der Waals surface area contributed by atoms with E-state index in [0.717, 1.165) is 0 Å². The van der Waals surface area contributed by atoms with E-state index < -0.39 is 7.12 Å². The molecule has 0 atom stereocenters. The van der Waals surface area contributed by atoms with Crippen LogP contribution in [-0.2, 0) is 0 Å². The Morgan fingerprint density at radius 2 is 1.91 bits per heavy atom. The predicted molar refractivity (Wildman–Crippen MR) is 47.9 cm³/mol. The van der Waals surface area contributed by atoms with Gasteiger partial charge in [0.25, 0.3) is 0 Å². The average Bonchev–Trinajstić information content (AvgIpc) is 1.88. The Balaban J connectivity index is 0.000001000. The number of hydrogen-bond acceptors (Lipinski definition) is 3. The first kappa shape index (κ1) is 10.3. The Hall–Kier alpha value is -0.705. The number of nitrogen functional groups attached to an aromatic ring is 1. The molecule has 0 saturated carbocycles. The van der Waals surface area contributed by atoms with Gasteiger partial charge in [-0.15, -0.1) is 12.4 Å². The van der Waals surface area contributed by atoms with Gasteiger partial charge in [0.1, 0.15) is 0 Å². The summed E-state index contributed by atoms with van der Waals surface area (Å²) in [4.78, 5) is 0. The summed E-state index contributed by atoms with van der Waals surface area (Å²) < 4.78 is 0. The molecule has 5 heteroatoms. The highest BCUT2D eigenvalue weighted by atomic mass is 35.5. The summed E-state index contributed by atoms with van der Waals surface area (Å²) in [6.07, 6.45) is 0. The molecule has 0 unspecified atom stereocenters. The second-order valence-corrected chi connectivity index (χ2v) is 2.04. The minimum atomic E-state index is -1.43. The average molecular weight is 173 g/mol. The van der Waals surface area contributed by atoms with Gasteiger partial charge in [-0.3, -0.25) is 0 Å². The van der Waals surface area contributed by atoms with Crippen LogP contribution in [0.4, 0.5) is 5.69 Å². The lowest BCUT2D eigenvalue weighted by molar-refractivity contribution is 0.426. The van der Waals surface area contributed by atoms with Crippen LogP contribution in [0.2, 0.25) is 0 Å². The molecule has 60 valence electrons. The van der Waals surface area contributed by atoms with Crippen molar-refractivity contribution in [1.29, 1.82) is 0 Å². The van der Waals surface area contributed by atoms with Crippen molar-refractivity contribution in [3.8, 4) is 0 Å². The summed E-state index contributed by atoms with van der Waals surface area (Å²) in [6.45, 7) is 0. The van der Waals surface area contributed by atoms with Crippen LogP contribution < -0.4 is 11.2 Å². The predicted octanol–water partition coefficient (Wildman–Crippen LogP) is -0.630. The van der Waals surface area contributed by atoms with Crippen molar-refractivity contribution in [3.05, 3.63) is 24.3 Å². The third-order valence-electron chi connectivity index (χ3n) is 1.21. The maximum Gasteiger partial charge on any atom is 0.488 e. The molecule has 1 rings (SSSR count). The van der Waals surface area contributed by atoms with Crippen LogP contribution in [0.5, 0.6) is 0 Å². The van der Waals surface area contributed by atoms with E-state index in [2.05, 4.69) is 0 Å². The maximum absolute atomic E-state index is 8.65. The van der Waals surface area contributed by atoms with E-state index in [9.17, 15) is 0 Å². The lowest BCUT2D eigenvalue weighted by Crippen LogP contribution is -2.29. The van der Waals surface area contributed by atoms with Gasteiger partial charge in [-0.25, -0.2) is 0 Å². The Labute approximate surface area is 71.4 Å². The second kappa shape index (κ2) is 4.23. The zero-order valence-corrected chi connectivity index (χ0v) is 6.58. The minimum Gasteiger partial charge on any atom is -0.423 e. The number of anilines is 1. The summed E-state index contributed by atoms with van der Waals surface area (Å²) in [5.41, 5.74) is 6.32. The molecule has 0 bridgehead atoms.